The standard InChI is InChI=1S/C13H16FN/c1-9(2)6-10-8-15(3)13-5-4-11(14)7-12(10)13/h4-5,7-9H,6H2,1-3H3. The topological polar surface area (TPSA) is 4.93 Å². The summed E-state index contributed by atoms with van der Waals surface area (Å²) in [5, 5.41) is 1.05. The largest absolute Gasteiger partial charge is 0.350 e. The van der Waals surface area contributed by atoms with E-state index in [0.717, 1.165) is 17.3 Å². The molecule has 1 nitrogen and oxygen atoms in total. The molecule has 2 heteroatoms. The molecule has 80 valence electrons. The lowest BCUT2D eigenvalue weighted by Crippen LogP contribution is -1.92. The van der Waals surface area contributed by atoms with E-state index >= 15 is 0 Å². The van der Waals surface area contributed by atoms with Crippen molar-refractivity contribution in [1.29, 1.82) is 0 Å². The number of hydrogen-bond donors (Lipinski definition) is 0. The van der Waals surface area contributed by atoms with E-state index in [4.69, 9.17) is 0 Å². The molecule has 2 rings (SSSR count). The minimum atomic E-state index is -0.154. The highest BCUT2D eigenvalue weighted by Crippen LogP contribution is 2.23. The van der Waals surface area contributed by atoms with Gasteiger partial charge in [-0.1, -0.05) is 13.8 Å². The van der Waals surface area contributed by atoms with Gasteiger partial charge in [-0.25, -0.2) is 4.39 Å². The second-order valence-electron chi connectivity index (χ2n) is 4.52. The zero-order valence-corrected chi connectivity index (χ0v) is 9.42. The van der Waals surface area contributed by atoms with Crippen LogP contribution in [0.15, 0.2) is 24.4 Å². The summed E-state index contributed by atoms with van der Waals surface area (Å²) in [5.74, 6) is 0.442. The Balaban J connectivity index is 2.59. The molecule has 0 saturated carbocycles. The van der Waals surface area contributed by atoms with Crippen LogP contribution in [0.1, 0.15) is 19.4 Å². The van der Waals surface area contributed by atoms with E-state index in [2.05, 4.69) is 24.6 Å². The second-order valence-corrected chi connectivity index (χ2v) is 4.52. The van der Waals surface area contributed by atoms with Crippen LogP contribution in [-0.4, -0.2) is 4.57 Å². The highest BCUT2D eigenvalue weighted by atomic mass is 19.1. The summed E-state index contributed by atoms with van der Waals surface area (Å²) in [6.07, 6.45) is 3.10. The van der Waals surface area contributed by atoms with Gasteiger partial charge in [0, 0.05) is 24.1 Å². The highest BCUT2D eigenvalue weighted by Gasteiger charge is 2.08. The first kappa shape index (κ1) is 10.2. The Hall–Kier alpha value is -1.31. The molecule has 0 saturated heterocycles. The van der Waals surface area contributed by atoms with Gasteiger partial charge in [-0.3, -0.25) is 0 Å². The molecule has 0 aliphatic rings. The van der Waals surface area contributed by atoms with Crippen LogP contribution in [0.4, 0.5) is 4.39 Å². The van der Waals surface area contributed by atoms with E-state index in [1.165, 1.54) is 11.6 Å². The van der Waals surface area contributed by atoms with Crippen molar-refractivity contribution in [1.82, 2.24) is 4.57 Å². The molecular formula is C13H16FN. The predicted molar refractivity (Wildman–Crippen MR) is 61.4 cm³/mol. The third kappa shape index (κ3) is 1.89. The Morgan fingerprint density at radius 3 is 2.73 bits per heavy atom. The van der Waals surface area contributed by atoms with Crippen molar-refractivity contribution in [3.8, 4) is 0 Å². The molecule has 2 aromatic rings. The van der Waals surface area contributed by atoms with Crippen molar-refractivity contribution in [2.75, 3.05) is 0 Å². The van der Waals surface area contributed by atoms with E-state index < -0.39 is 0 Å². The van der Waals surface area contributed by atoms with Gasteiger partial charge in [0.25, 0.3) is 0 Å². The summed E-state index contributed by atoms with van der Waals surface area (Å²) in [4.78, 5) is 0. The summed E-state index contributed by atoms with van der Waals surface area (Å²) < 4.78 is 15.2. The summed E-state index contributed by atoms with van der Waals surface area (Å²) in [6, 6.07) is 4.99. The van der Waals surface area contributed by atoms with Crippen LogP contribution in [0, 0.1) is 11.7 Å². The second kappa shape index (κ2) is 3.69. The molecule has 0 amide bonds. The molecule has 0 radical (unpaired) electrons. The number of benzene rings is 1. The zero-order valence-electron chi connectivity index (χ0n) is 9.42. The fourth-order valence-electron chi connectivity index (χ4n) is 2.05. The first-order chi connectivity index (χ1) is 7.08. The smallest absolute Gasteiger partial charge is 0.123 e. The Kier molecular flexibility index (Phi) is 2.51. The summed E-state index contributed by atoms with van der Waals surface area (Å²) >= 11 is 0. The normalized spacial score (nSPS) is 11.5. The SMILES string of the molecule is CC(C)Cc1cn(C)c2ccc(F)cc12. The number of rotatable bonds is 2. The Morgan fingerprint density at radius 2 is 2.07 bits per heavy atom. The average Bonchev–Trinajstić information content (AvgIpc) is 2.42. The van der Waals surface area contributed by atoms with E-state index in [0.29, 0.717) is 5.92 Å². The molecule has 0 unspecified atom stereocenters. The molecule has 0 aliphatic heterocycles. The van der Waals surface area contributed by atoms with Crippen LogP contribution in [-0.2, 0) is 13.5 Å². The monoisotopic (exact) mass is 205 g/mol. The van der Waals surface area contributed by atoms with Crippen molar-refractivity contribution in [2.45, 2.75) is 20.3 Å². The van der Waals surface area contributed by atoms with Crippen molar-refractivity contribution < 1.29 is 4.39 Å². The zero-order chi connectivity index (χ0) is 11.0. The fourth-order valence-corrected chi connectivity index (χ4v) is 2.05. The maximum Gasteiger partial charge on any atom is 0.123 e. The minimum Gasteiger partial charge on any atom is -0.350 e. The average molecular weight is 205 g/mol. The van der Waals surface area contributed by atoms with Crippen molar-refractivity contribution in [2.24, 2.45) is 13.0 Å². The van der Waals surface area contributed by atoms with E-state index in [9.17, 15) is 4.39 Å². The van der Waals surface area contributed by atoms with Crippen LogP contribution >= 0.6 is 0 Å². The fraction of sp³-hybridized carbons (Fsp3) is 0.385. The van der Waals surface area contributed by atoms with Gasteiger partial charge in [0.2, 0.25) is 0 Å². The molecular weight excluding hydrogens is 189 g/mol. The molecule has 0 atom stereocenters. The van der Waals surface area contributed by atoms with Gasteiger partial charge in [0.15, 0.2) is 0 Å². The molecule has 1 aromatic carbocycles. The van der Waals surface area contributed by atoms with Crippen LogP contribution in [0.5, 0.6) is 0 Å². The summed E-state index contributed by atoms with van der Waals surface area (Å²) in [7, 11) is 2.00. The Morgan fingerprint density at radius 1 is 1.33 bits per heavy atom. The Labute approximate surface area is 89.5 Å². The number of aryl methyl sites for hydroxylation is 1. The van der Waals surface area contributed by atoms with Gasteiger partial charge >= 0.3 is 0 Å². The first-order valence-electron chi connectivity index (χ1n) is 5.31. The minimum absolute atomic E-state index is 0.154. The lowest BCUT2D eigenvalue weighted by Gasteiger charge is -2.02. The number of aromatic nitrogens is 1. The summed E-state index contributed by atoms with van der Waals surface area (Å²) in [5.41, 5.74) is 2.34. The van der Waals surface area contributed by atoms with Crippen LogP contribution in [0.3, 0.4) is 0 Å². The van der Waals surface area contributed by atoms with Crippen LogP contribution < -0.4 is 0 Å². The highest BCUT2D eigenvalue weighted by molar-refractivity contribution is 5.84. The number of halogens is 1. The molecule has 15 heavy (non-hydrogen) atoms. The number of fused-ring (bicyclic) bond motifs is 1. The maximum absolute atomic E-state index is 13.2. The van der Waals surface area contributed by atoms with Gasteiger partial charge in [-0.05, 0) is 36.1 Å². The predicted octanol–water partition coefficient (Wildman–Crippen LogP) is 3.52. The third-order valence-corrected chi connectivity index (χ3v) is 2.66. The van der Waals surface area contributed by atoms with E-state index in [1.807, 2.05) is 13.1 Å². The molecule has 0 fully saturated rings. The maximum atomic E-state index is 13.2. The lowest BCUT2D eigenvalue weighted by atomic mass is 10.0. The molecule has 0 aliphatic carbocycles. The molecule has 0 spiro atoms. The van der Waals surface area contributed by atoms with Crippen molar-refractivity contribution in [3.63, 3.8) is 0 Å². The van der Waals surface area contributed by atoms with Crippen LogP contribution in [0.2, 0.25) is 0 Å². The van der Waals surface area contributed by atoms with Crippen LogP contribution in [0.25, 0.3) is 10.9 Å². The van der Waals surface area contributed by atoms with Gasteiger partial charge in [0.1, 0.15) is 5.82 Å². The van der Waals surface area contributed by atoms with Gasteiger partial charge in [0.05, 0.1) is 0 Å². The van der Waals surface area contributed by atoms with Crippen molar-refractivity contribution >= 4 is 10.9 Å². The summed E-state index contributed by atoms with van der Waals surface area (Å²) in [6.45, 7) is 4.36. The van der Waals surface area contributed by atoms with E-state index in [1.54, 1.807) is 6.07 Å². The van der Waals surface area contributed by atoms with Gasteiger partial charge in [-0.2, -0.15) is 0 Å². The lowest BCUT2D eigenvalue weighted by molar-refractivity contribution is 0.628. The molecule has 1 heterocycles. The van der Waals surface area contributed by atoms with E-state index in [-0.39, 0.29) is 5.82 Å². The first-order valence-corrected chi connectivity index (χ1v) is 5.31. The number of nitrogens with zero attached hydrogens (tertiary/aromatic N) is 1. The molecule has 0 bridgehead atoms. The molecule has 0 N–H and O–H groups in total. The number of hydrogen-bond acceptors (Lipinski definition) is 0. The Bertz CT molecular complexity index is 482. The molecule has 1 aromatic heterocycles. The quantitative estimate of drug-likeness (QED) is 0.707. The third-order valence-electron chi connectivity index (χ3n) is 2.66. The van der Waals surface area contributed by atoms with Gasteiger partial charge in [-0.15, -0.1) is 0 Å². The van der Waals surface area contributed by atoms with Crippen molar-refractivity contribution in [3.05, 3.63) is 35.8 Å². The van der Waals surface area contributed by atoms with Gasteiger partial charge < -0.3 is 4.57 Å².